The summed E-state index contributed by atoms with van der Waals surface area (Å²) >= 11 is 8.41. The van der Waals surface area contributed by atoms with Crippen molar-refractivity contribution in [1.29, 1.82) is 0 Å². The van der Waals surface area contributed by atoms with Crippen molar-refractivity contribution in [3.8, 4) is 11.6 Å². The molecule has 3 rings (SSSR count). The van der Waals surface area contributed by atoms with Crippen LogP contribution in [0, 0.1) is 3.95 Å². The first-order valence-electron chi connectivity index (χ1n) is 5.45. The van der Waals surface area contributed by atoms with Crippen LogP contribution in [0.25, 0.3) is 5.69 Å². The Balaban J connectivity index is 2.15. The second-order valence-corrected chi connectivity index (χ2v) is 6.45. The molecule has 0 saturated carbocycles. The third-order valence-electron chi connectivity index (χ3n) is 2.58. The van der Waals surface area contributed by atoms with Crippen molar-refractivity contribution < 1.29 is 5.11 Å². The summed E-state index contributed by atoms with van der Waals surface area (Å²) in [5.74, 6) is 1.18. The first-order valence-corrected chi connectivity index (χ1v) is 7.66. The minimum atomic E-state index is 0.198. The van der Waals surface area contributed by atoms with Crippen LogP contribution in [-0.4, -0.2) is 27.0 Å². The van der Waals surface area contributed by atoms with E-state index in [2.05, 4.69) is 4.99 Å². The summed E-state index contributed by atoms with van der Waals surface area (Å²) < 4.78 is 2.33. The van der Waals surface area contributed by atoms with Gasteiger partial charge in [0.15, 0.2) is 3.95 Å². The second kappa shape index (κ2) is 4.87. The number of rotatable bonds is 2. The van der Waals surface area contributed by atoms with Crippen LogP contribution in [0.1, 0.15) is 4.88 Å². The van der Waals surface area contributed by atoms with E-state index in [0.717, 1.165) is 27.9 Å². The topological polar surface area (TPSA) is 37.5 Å². The summed E-state index contributed by atoms with van der Waals surface area (Å²) in [4.78, 5) is 5.17. The molecule has 18 heavy (non-hydrogen) atoms. The SMILES string of the molecule is Oc1c(C2=NCCS2)sc(=S)n1-c1ccccc1. The number of hydrogen-bond donors (Lipinski definition) is 1. The van der Waals surface area contributed by atoms with Crippen LogP contribution in [-0.2, 0) is 0 Å². The normalized spacial score (nSPS) is 14.8. The average Bonchev–Trinajstić information content (AvgIpc) is 2.99. The maximum atomic E-state index is 10.3. The van der Waals surface area contributed by atoms with Crippen LogP contribution in [0.5, 0.6) is 5.88 Å². The standard InChI is InChI=1S/C12H10N2OS3/c15-11-9(10-13-6-7-17-10)18-12(16)14(11)8-4-2-1-3-5-8/h1-5,15H,6-7H2. The minimum absolute atomic E-state index is 0.198. The number of para-hydroxylation sites is 1. The van der Waals surface area contributed by atoms with Gasteiger partial charge < -0.3 is 5.11 Å². The Hall–Kier alpha value is -1.11. The first-order chi connectivity index (χ1) is 8.77. The fourth-order valence-electron chi connectivity index (χ4n) is 1.78. The van der Waals surface area contributed by atoms with Gasteiger partial charge in [-0.2, -0.15) is 0 Å². The van der Waals surface area contributed by atoms with Crippen molar-refractivity contribution in [3.05, 3.63) is 39.2 Å². The number of hydrogen-bond acceptors (Lipinski definition) is 5. The zero-order chi connectivity index (χ0) is 12.5. The molecule has 0 spiro atoms. The van der Waals surface area contributed by atoms with Gasteiger partial charge in [-0.3, -0.25) is 9.56 Å². The Kier molecular flexibility index (Phi) is 3.23. The average molecular weight is 294 g/mol. The van der Waals surface area contributed by atoms with E-state index in [9.17, 15) is 5.11 Å². The van der Waals surface area contributed by atoms with Gasteiger partial charge in [0.2, 0.25) is 5.88 Å². The summed E-state index contributed by atoms with van der Waals surface area (Å²) in [6.45, 7) is 0.815. The molecule has 0 unspecified atom stereocenters. The largest absolute Gasteiger partial charge is 0.493 e. The van der Waals surface area contributed by atoms with Crippen molar-refractivity contribution >= 4 is 40.4 Å². The molecule has 1 aliphatic heterocycles. The van der Waals surface area contributed by atoms with Crippen molar-refractivity contribution in [2.24, 2.45) is 4.99 Å². The van der Waals surface area contributed by atoms with Gasteiger partial charge in [-0.1, -0.05) is 29.5 Å². The van der Waals surface area contributed by atoms with E-state index in [-0.39, 0.29) is 5.88 Å². The van der Waals surface area contributed by atoms with Gasteiger partial charge in [0.1, 0.15) is 9.92 Å². The van der Waals surface area contributed by atoms with E-state index in [0.29, 0.717) is 3.95 Å². The molecule has 1 N–H and O–H groups in total. The predicted molar refractivity (Wildman–Crippen MR) is 80.0 cm³/mol. The second-order valence-electron chi connectivity index (χ2n) is 3.73. The van der Waals surface area contributed by atoms with E-state index in [1.165, 1.54) is 11.3 Å². The molecule has 2 aromatic rings. The van der Waals surface area contributed by atoms with Crippen LogP contribution in [0.2, 0.25) is 0 Å². The fourth-order valence-corrected chi connectivity index (χ4v) is 4.10. The van der Waals surface area contributed by atoms with Crippen LogP contribution in [0.15, 0.2) is 35.3 Å². The molecule has 6 heteroatoms. The van der Waals surface area contributed by atoms with Gasteiger partial charge in [0.05, 0.1) is 5.69 Å². The maximum absolute atomic E-state index is 10.3. The number of thiazole rings is 1. The highest BCUT2D eigenvalue weighted by atomic mass is 32.2. The van der Waals surface area contributed by atoms with Gasteiger partial charge >= 0.3 is 0 Å². The number of aromatic hydroxyl groups is 1. The Morgan fingerprint density at radius 1 is 1.28 bits per heavy atom. The summed E-state index contributed by atoms with van der Waals surface area (Å²) in [7, 11) is 0. The number of nitrogens with zero attached hydrogens (tertiary/aromatic N) is 2. The molecular formula is C12H10N2OS3. The van der Waals surface area contributed by atoms with Gasteiger partial charge in [-0.05, 0) is 24.4 Å². The summed E-state index contributed by atoms with van der Waals surface area (Å²) in [5.41, 5.74) is 0.881. The molecule has 2 heterocycles. The lowest BCUT2D eigenvalue weighted by atomic mass is 10.3. The molecule has 1 aromatic heterocycles. The number of thioether (sulfide) groups is 1. The lowest BCUT2D eigenvalue weighted by Crippen LogP contribution is -1.94. The van der Waals surface area contributed by atoms with Crippen molar-refractivity contribution in [2.45, 2.75) is 0 Å². The number of benzene rings is 1. The van der Waals surface area contributed by atoms with Gasteiger partial charge in [0.25, 0.3) is 0 Å². The molecular weight excluding hydrogens is 284 g/mol. The summed E-state index contributed by atoms with van der Waals surface area (Å²) in [6, 6.07) is 9.64. The molecule has 0 aliphatic carbocycles. The third kappa shape index (κ3) is 2.00. The van der Waals surface area contributed by atoms with Crippen molar-refractivity contribution in [3.63, 3.8) is 0 Å². The molecule has 0 radical (unpaired) electrons. The van der Waals surface area contributed by atoms with Crippen molar-refractivity contribution in [2.75, 3.05) is 12.3 Å². The van der Waals surface area contributed by atoms with Crippen LogP contribution < -0.4 is 0 Å². The molecule has 0 bridgehead atoms. The van der Waals surface area contributed by atoms with E-state index in [1.54, 1.807) is 16.3 Å². The summed E-state index contributed by atoms with van der Waals surface area (Å²) in [6.07, 6.45) is 0. The highest BCUT2D eigenvalue weighted by Crippen LogP contribution is 2.34. The number of aliphatic imine (C=N–C) groups is 1. The summed E-state index contributed by atoms with van der Waals surface area (Å²) in [5, 5.41) is 11.2. The lowest BCUT2D eigenvalue weighted by molar-refractivity contribution is 0.441. The molecule has 0 atom stereocenters. The van der Waals surface area contributed by atoms with Gasteiger partial charge in [0, 0.05) is 12.3 Å². The van der Waals surface area contributed by atoms with E-state index < -0.39 is 0 Å². The van der Waals surface area contributed by atoms with Gasteiger partial charge in [-0.15, -0.1) is 11.8 Å². The van der Waals surface area contributed by atoms with Gasteiger partial charge in [-0.25, -0.2) is 0 Å². The Morgan fingerprint density at radius 3 is 2.72 bits per heavy atom. The molecule has 3 nitrogen and oxygen atoms in total. The van der Waals surface area contributed by atoms with E-state index >= 15 is 0 Å². The van der Waals surface area contributed by atoms with Crippen LogP contribution in [0.4, 0.5) is 0 Å². The molecule has 1 aliphatic rings. The smallest absolute Gasteiger partial charge is 0.218 e. The molecule has 1 aromatic carbocycles. The zero-order valence-corrected chi connectivity index (χ0v) is 11.8. The maximum Gasteiger partial charge on any atom is 0.218 e. The lowest BCUT2D eigenvalue weighted by Gasteiger charge is -2.04. The quantitative estimate of drug-likeness (QED) is 0.862. The highest BCUT2D eigenvalue weighted by molar-refractivity contribution is 8.15. The molecule has 0 saturated heterocycles. The van der Waals surface area contributed by atoms with E-state index in [4.69, 9.17) is 12.2 Å². The third-order valence-corrected chi connectivity index (χ3v) is 5.07. The highest BCUT2D eigenvalue weighted by Gasteiger charge is 2.20. The van der Waals surface area contributed by atoms with Crippen molar-refractivity contribution in [1.82, 2.24) is 4.57 Å². The Morgan fingerprint density at radius 2 is 2.06 bits per heavy atom. The monoisotopic (exact) mass is 294 g/mol. The Bertz CT molecular complexity index is 658. The number of aromatic nitrogens is 1. The fraction of sp³-hybridized carbons (Fsp3) is 0.167. The molecule has 92 valence electrons. The van der Waals surface area contributed by atoms with E-state index in [1.807, 2.05) is 30.3 Å². The first kappa shape index (κ1) is 12.0. The minimum Gasteiger partial charge on any atom is -0.493 e. The zero-order valence-electron chi connectivity index (χ0n) is 9.37. The molecule has 0 fully saturated rings. The predicted octanol–water partition coefficient (Wildman–Crippen LogP) is 3.47. The molecule has 0 amide bonds. The Labute approximate surface area is 118 Å². The van der Waals surface area contributed by atoms with Crippen LogP contribution >= 0.6 is 35.3 Å². The van der Waals surface area contributed by atoms with Crippen LogP contribution in [0.3, 0.4) is 0 Å².